The van der Waals surface area contributed by atoms with Gasteiger partial charge in [-0.15, -0.1) is 0 Å². The summed E-state index contributed by atoms with van der Waals surface area (Å²) in [7, 11) is 0. The zero-order valence-electron chi connectivity index (χ0n) is 13.1. The molecular weight excluding hydrogens is 358 g/mol. The minimum atomic E-state index is -0.315. The van der Waals surface area contributed by atoms with Gasteiger partial charge in [0.1, 0.15) is 11.6 Å². The summed E-state index contributed by atoms with van der Waals surface area (Å²) in [5.74, 6) is 0.236. The van der Waals surface area contributed by atoms with Gasteiger partial charge in [-0.05, 0) is 36.4 Å². The first-order chi connectivity index (χ1) is 12.1. The van der Waals surface area contributed by atoms with Gasteiger partial charge in [0.15, 0.2) is 0 Å². The van der Waals surface area contributed by atoms with Crippen molar-refractivity contribution >= 4 is 34.2 Å². The molecule has 0 saturated heterocycles. The van der Waals surface area contributed by atoms with E-state index < -0.39 is 0 Å². The maximum absolute atomic E-state index is 14.4. The molecule has 0 atom stereocenters. The molecule has 25 heavy (non-hydrogen) atoms. The summed E-state index contributed by atoms with van der Waals surface area (Å²) in [5, 5.41) is 1.15. The molecule has 4 aromatic rings. The Kier molecular flexibility index (Phi) is 4.20. The van der Waals surface area contributed by atoms with Crippen LogP contribution in [0.4, 0.5) is 4.39 Å². The van der Waals surface area contributed by atoms with E-state index in [0.29, 0.717) is 28.0 Å². The highest BCUT2D eigenvalue weighted by atomic mass is 35.5. The first kappa shape index (κ1) is 16.1. The molecule has 1 heterocycles. The van der Waals surface area contributed by atoms with Gasteiger partial charge >= 0.3 is 0 Å². The molecule has 5 heteroatoms. The van der Waals surface area contributed by atoms with Gasteiger partial charge in [0.2, 0.25) is 0 Å². The maximum atomic E-state index is 14.4. The molecule has 0 aliphatic carbocycles. The average molecular weight is 371 g/mol. The van der Waals surface area contributed by atoms with Crippen LogP contribution < -0.4 is 0 Å². The third kappa shape index (κ3) is 2.90. The molecule has 0 aliphatic heterocycles. The van der Waals surface area contributed by atoms with E-state index in [1.807, 2.05) is 28.8 Å². The van der Waals surface area contributed by atoms with E-state index in [1.54, 1.807) is 36.4 Å². The van der Waals surface area contributed by atoms with E-state index in [2.05, 4.69) is 4.98 Å². The summed E-state index contributed by atoms with van der Waals surface area (Å²) in [4.78, 5) is 4.64. The van der Waals surface area contributed by atoms with E-state index in [9.17, 15) is 4.39 Å². The van der Waals surface area contributed by atoms with Crippen molar-refractivity contribution in [3.8, 4) is 11.4 Å². The SMILES string of the molecule is Fc1ccccc1-c1nc2ccccc2n1Cc1c(Cl)cccc1Cl. The number of aromatic nitrogens is 2. The summed E-state index contributed by atoms with van der Waals surface area (Å²) in [6, 6.07) is 19.7. The third-order valence-corrected chi connectivity index (χ3v) is 4.86. The van der Waals surface area contributed by atoms with Gasteiger partial charge < -0.3 is 4.57 Å². The van der Waals surface area contributed by atoms with Gasteiger partial charge in [-0.25, -0.2) is 9.37 Å². The van der Waals surface area contributed by atoms with Crippen LogP contribution in [-0.2, 0) is 6.54 Å². The van der Waals surface area contributed by atoms with E-state index in [-0.39, 0.29) is 5.82 Å². The number of rotatable bonds is 3. The molecule has 0 amide bonds. The van der Waals surface area contributed by atoms with Gasteiger partial charge in [-0.3, -0.25) is 0 Å². The molecular formula is C20H13Cl2FN2. The van der Waals surface area contributed by atoms with Crippen LogP contribution in [0.5, 0.6) is 0 Å². The van der Waals surface area contributed by atoms with Crippen molar-refractivity contribution in [2.24, 2.45) is 0 Å². The fraction of sp³-hybridized carbons (Fsp3) is 0.0500. The van der Waals surface area contributed by atoms with Crippen molar-refractivity contribution < 1.29 is 4.39 Å². The first-order valence-electron chi connectivity index (χ1n) is 7.78. The summed E-state index contributed by atoms with van der Waals surface area (Å²) >= 11 is 12.7. The van der Waals surface area contributed by atoms with E-state index in [1.165, 1.54) is 6.07 Å². The molecule has 0 spiro atoms. The lowest BCUT2D eigenvalue weighted by Crippen LogP contribution is -2.04. The Labute approximate surface area is 154 Å². The van der Waals surface area contributed by atoms with Crippen molar-refractivity contribution in [1.82, 2.24) is 9.55 Å². The molecule has 0 unspecified atom stereocenters. The predicted octanol–water partition coefficient (Wildman–Crippen LogP) is 6.20. The number of hydrogen-bond acceptors (Lipinski definition) is 1. The lowest BCUT2D eigenvalue weighted by molar-refractivity contribution is 0.628. The average Bonchev–Trinajstić information content (AvgIpc) is 2.97. The summed E-state index contributed by atoms with van der Waals surface area (Å²) in [6.07, 6.45) is 0. The Morgan fingerprint density at radius 1 is 0.840 bits per heavy atom. The first-order valence-corrected chi connectivity index (χ1v) is 8.54. The van der Waals surface area contributed by atoms with Crippen molar-refractivity contribution in [3.05, 3.63) is 88.2 Å². The van der Waals surface area contributed by atoms with Gasteiger partial charge in [0.05, 0.1) is 23.1 Å². The normalized spacial score (nSPS) is 11.2. The molecule has 4 rings (SSSR count). The quantitative estimate of drug-likeness (QED) is 0.419. The molecule has 0 N–H and O–H groups in total. The standard InChI is InChI=1S/C20H13Cl2FN2/c21-15-7-5-8-16(22)14(15)12-25-19-11-4-3-10-18(19)24-20(25)13-6-1-2-9-17(13)23/h1-11H,12H2. The zero-order valence-corrected chi connectivity index (χ0v) is 14.6. The Morgan fingerprint density at radius 2 is 1.52 bits per heavy atom. The highest BCUT2D eigenvalue weighted by Gasteiger charge is 2.17. The van der Waals surface area contributed by atoms with Crippen LogP contribution in [0.1, 0.15) is 5.56 Å². The fourth-order valence-electron chi connectivity index (χ4n) is 2.93. The minimum absolute atomic E-state index is 0.315. The second-order valence-electron chi connectivity index (χ2n) is 5.69. The highest BCUT2D eigenvalue weighted by molar-refractivity contribution is 6.36. The number of halogens is 3. The molecule has 0 saturated carbocycles. The topological polar surface area (TPSA) is 17.8 Å². The summed E-state index contributed by atoms with van der Waals surface area (Å²) in [6.45, 7) is 0.405. The summed E-state index contributed by atoms with van der Waals surface area (Å²) < 4.78 is 16.3. The Bertz CT molecular complexity index is 1050. The molecule has 2 nitrogen and oxygen atoms in total. The van der Waals surface area contributed by atoms with E-state index in [4.69, 9.17) is 23.2 Å². The van der Waals surface area contributed by atoms with Gasteiger partial charge in [-0.2, -0.15) is 0 Å². The smallest absolute Gasteiger partial charge is 0.144 e. The second kappa shape index (κ2) is 6.51. The Balaban J connectivity index is 1.96. The van der Waals surface area contributed by atoms with Crippen LogP contribution >= 0.6 is 23.2 Å². The monoisotopic (exact) mass is 370 g/mol. The molecule has 0 fully saturated rings. The van der Waals surface area contributed by atoms with Crippen LogP contribution in [0.15, 0.2) is 66.7 Å². The number of hydrogen-bond donors (Lipinski definition) is 0. The lowest BCUT2D eigenvalue weighted by atomic mass is 10.1. The van der Waals surface area contributed by atoms with Crippen molar-refractivity contribution in [2.75, 3.05) is 0 Å². The molecule has 0 aliphatic rings. The van der Waals surface area contributed by atoms with Gasteiger partial charge in [0.25, 0.3) is 0 Å². The molecule has 0 radical (unpaired) electrons. The second-order valence-corrected chi connectivity index (χ2v) is 6.50. The largest absolute Gasteiger partial charge is 0.319 e. The number of nitrogens with zero attached hydrogens (tertiary/aromatic N) is 2. The molecule has 1 aromatic heterocycles. The van der Waals surface area contributed by atoms with Gasteiger partial charge in [0, 0.05) is 15.6 Å². The maximum Gasteiger partial charge on any atom is 0.144 e. The van der Waals surface area contributed by atoms with Crippen LogP contribution in [-0.4, -0.2) is 9.55 Å². The van der Waals surface area contributed by atoms with Crippen LogP contribution in [0.25, 0.3) is 22.4 Å². The predicted molar refractivity (Wildman–Crippen MR) is 101 cm³/mol. The van der Waals surface area contributed by atoms with E-state index >= 15 is 0 Å². The van der Waals surface area contributed by atoms with Gasteiger partial charge in [-0.1, -0.05) is 53.5 Å². The number of fused-ring (bicyclic) bond motifs is 1. The van der Waals surface area contributed by atoms with Crippen LogP contribution in [0, 0.1) is 5.82 Å². The lowest BCUT2D eigenvalue weighted by Gasteiger charge is -2.12. The third-order valence-electron chi connectivity index (χ3n) is 4.15. The van der Waals surface area contributed by atoms with Crippen molar-refractivity contribution in [2.45, 2.75) is 6.54 Å². The van der Waals surface area contributed by atoms with Crippen LogP contribution in [0.3, 0.4) is 0 Å². The Morgan fingerprint density at radius 3 is 2.28 bits per heavy atom. The molecule has 124 valence electrons. The van der Waals surface area contributed by atoms with E-state index in [0.717, 1.165) is 16.6 Å². The molecule has 0 bridgehead atoms. The number of benzene rings is 3. The molecule has 3 aromatic carbocycles. The zero-order chi connectivity index (χ0) is 17.4. The highest BCUT2D eigenvalue weighted by Crippen LogP contribution is 2.31. The van der Waals surface area contributed by atoms with Crippen LogP contribution in [0.2, 0.25) is 10.0 Å². The minimum Gasteiger partial charge on any atom is -0.319 e. The summed E-state index contributed by atoms with van der Waals surface area (Å²) in [5.41, 5.74) is 2.93. The van der Waals surface area contributed by atoms with Crippen molar-refractivity contribution in [3.63, 3.8) is 0 Å². The Hall–Kier alpha value is -2.36. The fourth-order valence-corrected chi connectivity index (χ4v) is 3.44. The van der Waals surface area contributed by atoms with Crippen molar-refractivity contribution in [1.29, 1.82) is 0 Å². The number of para-hydroxylation sites is 2. The number of imidazole rings is 1.